The second-order valence-electron chi connectivity index (χ2n) is 8.47. The number of hydrogen-bond donors (Lipinski definition) is 1. The van der Waals surface area contributed by atoms with Gasteiger partial charge in [0.1, 0.15) is 17.3 Å². The molecule has 0 spiro atoms. The summed E-state index contributed by atoms with van der Waals surface area (Å²) >= 11 is 0. The zero-order valence-corrected chi connectivity index (χ0v) is 16.8. The van der Waals surface area contributed by atoms with Crippen molar-refractivity contribution in [2.24, 2.45) is 5.41 Å². The number of rotatable bonds is 4. The summed E-state index contributed by atoms with van der Waals surface area (Å²) < 4.78 is 11.6. The monoisotopic (exact) mass is 378 g/mol. The highest BCUT2D eigenvalue weighted by Gasteiger charge is 2.35. The highest BCUT2D eigenvalue weighted by molar-refractivity contribution is 5.79. The Morgan fingerprint density at radius 2 is 1.96 bits per heavy atom. The first-order valence-electron chi connectivity index (χ1n) is 9.71. The second kappa shape index (κ2) is 6.97. The third-order valence-electron chi connectivity index (χ3n) is 5.31. The fourth-order valence-corrected chi connectivity index (χ4v) is 4.01. The number of carbonyl (C=O) groups is 1. The number of fused-ring (bicyclic) bond motifs is 1. The Kier molecular flexibility index (Phi) is 4.61. The summed E-state index contributed by atoms with van der Waals surface area (Å²) in [6.45, 7) is 8.22. The molecule has 1 aliphatic rings. The smallest absolute Gasteiger partial charge is 0.226 e. The summed E-state index contributed by atoms with van der Waals surface area (Å²) in [7, 11) is 0. The van der Waals surface area contributed by atoms with Gasteiger partial charge in [-0.25, -0.2) is 4.98 Å². The quantitative estimate of drug-likeness (QED) is 0.699. The highest BCUT2D eigenvalue weighted by Crippen LogP contribution is 2.42. The summed E-state index contributed by atoms with van der Waals surface area (Å²) in [5.74, 6) is 3.05. The zero-order chi connectivity index (χ0) is 19.9. The van der Waals surface area contributed by atoms with Crippen LogP contribution in [0.5, 0.6) is 0 Å². The van der Waals surface area contributed by atoms with Gasteiger partial charge >= 0.3 is 0 Å². The largest absolute Gasteiger partial charge is 0.466 e. The molecule has 0 saturated heterocycles. The van der Waals surface area contributed by atoms with E-state index in [1.165, 1.54) is 0 Å². The van der Waals surface area contributed by atoms with Crippen LogP contribution < -0.4 is 5.32 Å². The Morgan fingerprint density at radius 1 is 1.21 bits per heavy atom. The van der Waals surface area contributed by atoms with Gasteiger partial charge in [-0.15, -0.1) is 0 Å². The summed E-state index contributed by atoms with van der Waals surface area (Å²) in [5.41, 5.74) is 2.77. The molecule has 0 fully saturated rings. The van der Waals surface area contributed by atoms with Gasteiger partial charge in [0.15, 0.2) is 0 Å². The molecule has 0 aliphatic heterocycles. The number of carbonyl (C=O) groups excluding carboxylic acids is 1. The Morgan fingerprint density at radius 3 is 2.71 bits per heavy atom. The van der Waals surface area contributed by atoms with Crippen molar-refractivity contribution < 1.29 is 13.6 Å². The maximum atomic E-state index is 12.8. The Bertz CT molecular complexity index is 998. The number of aryl methyl sites for hydroxylation is 2. The van der Waals surface area contributed by atoms with Crippen LogP contribution in [0.2, 0.25) is 0 Å². The van der Waals surface area contributed by atoms with Crippen LogP contribution in [0.1, 0.15) is 54.8 Å². The Balaban J connectivity index is 1.50. The van der Waals surface area contributed by atoms with E-state index in [-0.39, 0.29) is 23.8 Å². The van der Waals surface area contributed by atoms with Crippen LogP contribution in [0.3, 0.4) is 0 Å². The highest BCUT2D eigenvalue weighted by atomic mass is 16.4. The van der Waals surface area contributed by atoms with Crippen LogP contribution >= 0.6 is 0 Å². The summed E-state index contributed by atoms with van der Waals surface area (Å²) in [4.78, 5) is 17.3. The first-order chi connectivity index (χ1) is 13.3. The lowest BCUT2D eigenvalue weighted by molar-refractivity contribution is -0.121. The molecule has 146 valence electrons. The molecule has 5 nitrogen and oxygen atoms in total. The molecule has 2 heterocycles. The molecule has 0 unspecified atom stereocenters. The van der Waals surface area contributed by atoms with Crippen molar-refractivity contribution in [3.05, 3.63) is 64.9 Å². The molecular weight excluding hydrogens is 352 g/mol. The van der Waals surface area contributed by atoms with Crippen LogP contribution in [-0.4, -0.2) is 10.9 Å². The topological polar surface area (TPSA) is 68.3 Å². The molecule has 0 bridgehead atoms. The second-order valence-corrected chi connectivity index (χ2v) is 8.47. The van der Waals surface area contributed by atoms with E-state index >= 15 is 0 Å². The van der Waals surface area contributed by atoms with Crippen LogP contribution in [0.4, 0.5) is 0 Å². The van der Waals surface area contributed by atoms with Gasteiger partial charge in [0, 0.05) is 17.5 Å². The van der Waals surface area contributed by atoms with Gasteiger partial charge in [-0.3, -0.25) is 4.79 Å². The standard InChI is InChI=1S/C23H26N2O3/c1-14-10-17-19(12-23(3,4)13-20(17)27-14)24-21(26)11-18-15(2)28-22(25-18)16-8-6-5-7-9-16/h5-10,19H,11-13H2,1-4H3,(H,24,26)/t19-/m1/s1. The summed E-state index contributed by atoms with van der Waals surface area (Å²) in [6, 6.07) is 11.7. The minimum absolute atomic E-state index is 0.0375. The van der Waals surface area contributed by atoms with Crippen LogP contribution in [-0.2, 0) is 17.6 Å². The van der Waals surface area contributed by atoms with Crippen molar-refractivity contribution in [2.75, 3.05) is 0 Å². The molecule has 2 aromatic heterocycles. The predicted octanol–water partition coefficient (Wildman–Crippen LogP) is 4.92. The number of amides is 1. The maximum absolute atomic E-state index is 12.8. The summed E-state index contributed by atoms with van der Waals surface area (Å²) in [5, 5.41) is 3.19. The molecule has 1 aliphatic carbocycles. The van der Waals surface area contributed by atoms with Crippen molar-refractivity contribution >= 4 is 5.91 Å². The lowest BCUT2D eigenvalue weighted by atomic mass is 9.74. The minimum Gasteiger partial charge on any atom is -0.466 e. The molecule has 0 saturated carbocycles. The molecule has 1 N–H and O–H groups in total. The first-order valence-corrected chi connectivity index (χ1v) is 9.71. The van der Waals surface area contributed by atoms with Crippen LogP contribution in [0, 0.1) is 19.3 Å². The predicted molar refractivity (Wildman–Crippen MR) is 107 cm³/mol. The van der Waals surface area contributed by atoms with E-state index in [0.717, 1.165) is 35.5 Å². The van der Waals surface area contributed by atoms with Gasteiger partial charge in [-0.2, -0.15) is 0 Å². The number of nitrogens with one attached hydrogen (secondary N) is 1. The molecule has 4 rings (SSSR count). The van der Waals surface area contributed by atoms with Gasteiger partial charge in [-0.05, 0) is 43.9 Å². The lowest BCUT2D eigenvalue weighted by Crippen LogP contribution is -2.36. The van der Waals surface area contributed by atoms with Crippen LogP contribution in [0.25, 0.3) is 11.5 Å². The van der Waals surface area contributed by atoms with E-state index in [1.807, 2.05) is 50.2 Å². The molecule has 0 radical (unpaired) electrons. The average Bonchev–Trinajstić information content (AvgIpc) is 3.17. The molecule has 5 heteroatoms. The van der Waals surface area contributed by atoms with Gasteiger partial charge < -0.3 is 14.2 Å². The van der Waals surface area contributed by atoms with Crippen molar-refractivity contribution in [3.8, 4) is 11.5 Å². The molecule has 28 heavy (non-hydrogen) atoms. The third-order valence-corrected chi connectivity index (χ3v) is 5.31. The number of furan rings is 1. The Labute approximate surface area is 165 Å². The van der Waals surface area contributed by atoms with Crippen molar-refractivity contribution in [3.63, 3.8) is 0 Å². The van der Waals surface area contributed by atoms with E-state index in [9.17, 15) is 4.79 Å². The van der Waals surface area contributed by atoms with E-state index in [0.29, 0.717) is 17.3 Å². The SMILES string of the molecule is Cc1cc2c(o1)CC(C)(C)C[C@H]2NC(=O)Cc1nc(-c2ccccc2)oc1C. The van der Waals surface area contributed by atoms with Crippen LogP contribution in [0.15, 0.2) is 45.2 Å². The van der Waals surface area contributed by atoms with Crippen molar-refractivity contribution in [1.82, 2.24) is 10.3 Å². The molecule has 3 aromatic rings. The minimum atomic E-state index is -0.0523. The third kappa shape index (κ3) is 3.75. The fourth-order valence-electron chi connectivity index (χ4n) is 4.01. The summed E-state index contributed by atoms with van der Waals surface area (Å²) in [6.07, 6.45) is 1.98. The maximum Gasteiger partial charge on any atom is 0.226 e. The van der Waals surface area contributed by atoms with Crippen molar-refractivity contribution in [2.45, 2.75) is 53.0 Å². The van der Waals surface area contributed by atoms with Gasteiger partial charge in [0.05, 0.1) is 18.2 Å². The van der Waals surface area contributed by atoms with Gasteiger partial charge in [-0.1, -0.05) is 32.0 Å². The Hall–Kier alpha value is -2.82. The molecule has 1 aromatic carbocycles. The fraction of sp³-hybridized carbons (Fsp3) is 0.391. The van der Waals surface area contributed by atoms with E-state index in [2.05, 4.69) is 24.1 Å². The number of aromatic nitrogens is 1. The molecule has 1 atom stereocenters. The molecular formula is C23H26N2O3. The van der Waals surface area contributed by atoms with Crippen molar-refractivity contribution in [1.29, 1.82) is 0 Å². The number of hydrogen-bond acceptors (Lipinski definition) is 4. The normalized spacial score (nSPS) is 17.9. The number of oxazole rings is 1. The van der Waals surface area contributed by atoms with Gasteiger partial charge in [0.25, 0.3) is 0 Å². The van der Waals surface area contributed by atoms with E-state index in [4.69, 9.17) is 8.83 Å². The average molecular weight is 378 g/mol. The first kappa shape index (κ1) is 18.5. The zero-order valence-electron chi connectivity index (χ0n) is 16.8. The van der Waals surface area contributed by atoms with E-state index in [1.54, 1.807) is 0 Å². The number of benzene rings is 1. The van der Waals surface area contributed by atoms with Gasteiger partial charge in [0.2, 0.25) is 11.8 Å². The lowest BCUT2D eigenvalue weighted by Gasteiger charge is -2.34. The molecule has 1 amide bonds. The number of nitrogens with zero attached hydrogens (tertiary/aromatic N) is 1. The van der Waals surface area contributed by atoms with E-state index < -0.39 is 0 Å².